The summed E-state index contributed by atoms with van der Waals surface area (Å²) in [6.45, 7) is 0. The van der Waals surface area contributed by atoms with Gasteiger partial charge >= 0.3 is 11.9 Å². The first-order valence-electron chi connectivity index (χ1n) is 4.93. The summed E-state index contributed by atoms with van der Waals surface area (Å²) in [6, 6.07) is 0. The molecule has 1 aromatic rings. The summed E-state index contributed by atoms with van der Waals surface area (Å²) in [5.74, 6) is -2.39. The molecule has 1 aromatic carbocycles. The first-order chi connectivity index (χ1) is 9.25. The van der Waals surface area contributed by atoms with Crippen LogP contribution >= 0.6 is 46.4 Å². The van der Waals surface area contributed by atoms with Crippen LogP contribution in [-0.2, 0) is 9.59 Å². The van der Waals surface area contributed by atoms with Crippen LogP contribution in [0.5, 0.6) is 0 Å². The van der Waals surface area contributed by atoms with Crippen LogP contribution in [0.25, 0.3) is 12.2 Å². The second kappa shape index (κ2) is 6.99. The number of carbonyl (C=O) groups is 2. The molecule has 1 rings (SSSR count). The van der Waals surface area contributed by atoms with Crippen molar-refractivity contribution in [2.75, 3.05) is 0 Å². The molecule has 0 spiro atoms. The van der Waals surface area contributed by atoms with Crippen molar-refractivity contribution in [3.8, 4) is 0 Å². The molecular formula is C12H6Cl4O4. The molecule has 0 amide bonds. The molecule has 20 heavy (non-hydrogen) atoms. The average Bonchev–Trinajstić information content (AvgIpc) is 2.35. The molecule has 2 N–H and O–H groups in total. The van der Waals surface area contributed by atoms with Crippen LogP contribution in [0.1, 0.15) is 11.1 Å². The van der Waals surface area contributed by atoms with Crippen LogP contribution in [0.3, 0.4) is 0 Å². The van der Waals surface area contributed by atoms with Gasteiger partial charge in [0.1, 0.15) is 0 Å². The molecule has 0 aliphatic carbocycles. The summed E-state index contributed by atoms with van der Waals surface area (Å²) in [6.07, 6.45) is 3.95. The van der Waals surface area contributed by atoms with Crippen molar-refractivity contribution in [3.05, 3.63) is 43.4 Å². The van der Waals surface area contributed by atoms with E-state index in [9.17, 15) is 9.59 Å². The lowest BCUT2D eigenvalue weighted by Crippen LogP contribution is -1.92. The molecule has 0 atom stereocenters. The van der Waals surface area contributed by atoms with Crippen molar-refractivity contribution >= 4 is 70.5 Å². The molecule has 8 heteroatoms. The van der Waals surface area contributed by atoms with Gasteiger partial charge in [-0.2, -0.15) is 0 Å². The van der Waals surface area contributed by atoms with E-state index >= 15 is 0 Å². The summed E-state index contributed by atoms with van der Waals surface area (Å²) >= 11 is 23.9. The summed E-state index contributed by atoms with van der Waals surface area (Å²) in [4.78, 5) is 21.0. The zero-order chi connectivity index (χ0) is 15.4. The summed E-state index contributed by atoms with van der Waals surface area (Å²) in [5.41, 5.74) is 0.274. The van der Waals surface area contributed by atoms with Crippen molar-refractivity contribution in [1.82, 2.24) is 0 Å². The molecule has 0 saturated heterocycles. The van der Waals surface area contributed by atoms with Gasteiger partial charge in [-0.15, -0.1) is 0 Å². The van der Waals surface area contributed by atoms with Crippen LogP contribution in [-0.4, -0.2) is 22.2 Å². The molecule has 0 heterocycles. The number of carboxylic acid groups (broad SMARTS) is 2. The third kappa shape index (κ3) is 3.90. The molecule has 0 aliphatic rings. The molecule has 0 unspecified atom stereocenters. The Labute approximate surface area is 133 Å². The first-order valence-corrected chi connectivity index (χ1v) is 6.44. The Morgan fingerprint density at radius 1 is 0.700 bits per heavy atom. The van der Waals surface area contributed by atoms with Crippen molar-refractivity contribution in [3.63, 3.8) is 0 Å². The second-order valence-electron chi connectivity index (χ2n) is 3.43. The van der Waals surface area contributed by atoms with E-state index in [-0.39, 0.29) is 31.2 Å². The van der Waals surface area contributed by atoms with Gasteiger partial charge in [0, 0.05) is 23.3 Å². The van der Waals surface area contributed by atoms with Crippen molar-refractivity contribution < 1.29 is 19.8 Å². The van der Waals surface area contributed by atoms with Crippen LogP contribution in [0.15, 0.2) is 12.2 Å². The quantitative estimate of drug-likeness (QED) is 0.616. The standard InChI is InChI=1S/C12H6Cl4O4/c13-9-5(1-3-7(17)18)10(14)12(16)6(11(9)15)2-4-8(19)20/h1-4H,(H,17,18)(H,19,20)/b3-1+,4-2+. The Balaban J connectivity index is 3.49. The SMILES string of the molecule is O=C(O)/C=C/c1c(Cl)c(Cl)c(/C=C/C(=O)O)c(Cl)c1Cl. The van der Waals surface area contributed by atoms with E-state index < -0.39 is 11.9 Å². The third-order valence-electron chi connectivity index (χ3n) is 2.12. The lowest BCUT2D eigenvalue weighted by Gasteiger charge is -2.11. The fraction of sp³-hybridized carbons (Fsp3) is 0. The predicted molar refractivity (Wildman–Crippen MR) is 79.8 cm³/mol. The highest BCUT2D eigenvalue weighted by Gasteiger charge is 2.17. The smallest absolute Gasteiger partial charge is 0.328 e. The lowest BCUT2D eigenvalue weighted by molar-refractivity contribution is -0.132. The van der Waals surface area contributed by atoms with E-state index in [1.165, 1.54) is 0 Å². The maximum absolute atomic E-state index is 10.5. The number of carboxylic acids is 2. The van der Waals surface area contributed by atoms with Crippen molar-refractivity contribution in [1.29, 1.82) is 0 Å². The van der Waals surface area contributed by atoms with Gasteiger partial charge in [-0.25, -0.2) is 9.59 Å². The molecule has 4 nitrogen and oxygen atoms in total. The number of rotatable bonds is 4. The summed E-state index contributed by atoms with van der Waals surface area (Å²) < 4.78 is 0. The number of halogens is 4. The first kappa shape index (κ1) is 16.9. The van der Waals surface area contributed by atoms with E-state index in [1.807, 2.05) is 0 Å². The summed E-state index contributed by atoms with van der Waals surface area (Å²) in [7, 11) is 0. The molecule has 0 bridgehead atoms. The summed E-state index contributed by atoms with van der Waals surface area (Å²) in [5, 5.41) is 17.1. The predicted octanol–water partition coefficient (Wildman–Crippen LogP) is 4.50. The van der Waals surface area contributed by atoms with Crippen LogP contribution < -0.4 is 0 Å². The highest BCUT2D eigenvalue weighted by Crippen LogP contribution is 2.42. The number of hydrogen-bond donors (Lipinski definition) is 2. The maximum atomic E-state index is 10.5. The topological polar surface area (TPSA) is 74.6 Å². The highest BCUT2D eigenvalue weighted by atomic mass is 35.5. The van der Waals surface area contributed by atoms with Gasteiger partial charge in [-0.3, -0.25) is 0 Å². The number of benzene rings is 1. The molecule has 0 fully saturated rings. The molecule has 0 aliphatic heterocycles. The average molecular weight is 356 g/mol. The van der Waals surface area contributed by atoms with Crippen LogP contribution in [0, 0.1) is 0 Å². The number of aliphatic carboxylic acids is 2. The largest absolute Gasteiger partial charge is 0.478 e. The lowest BCUT2D eigenvalue weighted by atomic mass is 10.1. The maximum Gasteiger partial charge on any atom is 0.328 e. The van der Waals surface area contributed by atoms with E-state index in [4.69, 9.17) is 56.6 Å². The highest BCUT2D eigenvalue weighted by molar-refractivity contribution is 6.50. The van der Waals surface area contributed by atoms with E-state index in [0.29, 0.717) is 0 Å². The Kier molecular flexibility index (Phi) is 5.89. The molecular weight excluding hydrogens is 350 g/mol. The Morgan fingerprint density at radius 2 is 0.950 bits per heavy atom. The Hall–Kier alpha value is -1.20. The zero-order valence-corrected chi connectivity index (χ0v) is 12.6. The zero-order valence-electron chi connectivity index (χ0n) is 9.53. The van der Waals surface area contributed by atoms with Gasteiger partial charge in [-0.1, -0.05) is 46.4 Å². The van der Waals surface area contributed by atoms with E-state index in [2.05, 4.69) is 0 Å². The minimum absolute atomic E-state index is 0.0244. The van der Waals surface area contributed by atoms with Crippen LogP contribution in [0.2, 0.25) is 20.1 Å². The Bertz CT molecular complexity index is 551. The molecule has 0 aromatic heterocycles. The minimum atomic E-state index is -1.20. The van der Waals surface area contributed by atoms with Gasteiger partial charge < -0.3 is 10.2 Å². The van der Waals surface area contributed by atoms with Gasteiger partial charge in [0.05, 0.1) is 20.1 Å². The monoisotopic (exact) mass is 354 g/mol. The molecule has 106 valence electrons. The van der Waals surface area contributed by atoms with Crippen LogP contribution in [0.4, 0.5) is 0 Å². The fourth-order valence-electron chi connectivity index (χ4n) is 1.27. The second-order valence-corrected chi connectivity index (χ2v) is 4.94. The third-order valence-corrected chi connectivity index (χ3v) is 3.88. The molecule has 0 saturated carbocycles. The van der Waals surface area contributed by atoms with Crippen molar-refractivity contribution in [2.24, 2.45) is 0 Å². The van der Waals surface area contributed by atoms with Gasteiger partial charge in [0.2, 0.25) is 0 Å². The molecule has 0 radical (unpaired) electrons. The van der Waals surface area contributed by atoms with Gasteiger partial charge in [0.15, 0.2) is 0 Å². The van der Waals surface area contributed by atoms with E-state index in [0.717, 1.165) is 24.3 Å². The normalized spacial score (nSPS) is 11.4. The van der Waals surface area contributed by atoms with Gasteiger partial charge in [-0.05, 0) is 12.2 Å². The number of hydrogen-bond acceptors (Lipinski definition) is 2. The van der Waals surface area contributed by atoms with Crippen molar-refractivity contribution in [2.45, 2.75) is 0 Å². The van der Waals surface area contributed by atoms with E-state index in [1.54, 1.807) is 0 Å². The van der Waals surface area contributed by atoms with Gasteiger partial charge in [0.25, 0.3) is 0 Å². The fourth-order valence-corrected chi connectivity index (χ4v) is 2.40. The Morgan fingerprint density at radius 3 is 1.15 bits per heavy atom. The minimum Gasteiger partial charge on any atom is -0.478 e.